The second-order valence-corrected chi connectivity index (χ2v) is 8.37. The minimum absolute atomic E-state index is 0.221. The fraction of sp³-hybridized carbons (Fsp3) is 0.348. The number of hydrogen-bond donors (Lipinski definition) is 0. The van der Waals surface area contributed by atoms with Crippen LogP contribution in [0.4, 0.5) is 5.69 Å². The number of piperazine rings is 1. The molecule has 0 spiro atoms. The Labute approximate surface area is 170 Å². The average molecular weight is 395 g/mol. The van der Waals surface area contributed by atoms with Gasteiger partial charge in [0.25, 0.3) is 0 Å². The lowest BCUT2D eigenvalue weighted by atomic mass is 10.1. The van der Waals surface area contributed by atoms with Crippen LogP contribution in [0.25, 0.3) is 11.0 Å². The van der Waals surface area contributed by atoms with E-state index in [1.807, 2.05) is 42.1 Å². The maximum Gasteiger partial charge on any atom is 0.340 e. The van der Waals surface area contributed by atoms with Crippen LogP contribution in [0.5, 0.6) is 0 Å². The molecule has 0 radical (unpaired) electrons. The topological polar surface area (TPSA) is 36.7 Å². The van der Waals surface area contributed by atoms with Crippen molar-refractivity contribution in [2.75, 3.05) is 36.8 Å². The van der Waals surface area contributed by atoms with Crippen LogP contribution in [0, 0.1) is 0 Å². The Bertz CT molecular complexity index is 993. The molecule has 2 heterocycles. The van der Waals surface area contributed by atoms with Gasteiger partial charge in [0, 0.05) is 48.7 Å². The summed E-state index contributed by atoms with van der Waals surface area (Å²) in [5.41, 5.74) is 2.47. The Morgan fingerprint density at radius 3 is 2.64 bits per heavy atom. The number of nitrogens with zero attached hydrogens (tertiary/aromatic N) is 2. The lowest BCUT2D eigenvalue weighted by molar-refractivity contribution is 0.247. The molecule has 1 aliphatic rings. The summed E-state index contributed by atoms with van der Waals surface area (Å²) in [5.74, 6) is 1.16. The fourth-order valence-corrected chi connectivity index (χ4v) is 4.43. The molecule has 0 aliphatic carbocycles. The van der Waals surface area contributed by atoms with Crippen molar-refractivity contribution in [2.45, 2.75) is 24.8 Å². The van der Waals surface area contributed by atoms with Crippen molar-refractivity contribution in [1.29, 1.82) is 0 Å². The Hall–Kier alpha value is -2.24. The van der Waals surface area contributed by atoms with Crippen molar-refractivity contribution >= 4 is 28.4 Å². The molecule has 0 bridgehead atoms. The molecule has 28 heavy (non-hydrogen) atoms. The molecule has 146 valence electrons. The SMILES string of the molecule is CCCSc1cccc(N2CCN(Cc3cc4ccccc4oc3=O)CC2)c1. The van der Waals surface area contributed by atoms with Crippen LogP contribution in [0.3, 0.4) is 0 Å². The molecule has 2 aromatic carbocycles. The standard InChI is InChI=1S/C23H26N2O2S/c1-2-14-28-21-8-5-7-20(16-21)25-12-10-24(11-13-25)17-19-15-18-6-3-4-9-22(18)27-23(19)26/h3-9,15-16H,2,10-14,17H2,1H3. The molecule has 0 N–H and O–H groups in total. The molecule has 4 nitrogen and oxygen atoms in total. The number of anilines is 1. The molecule has 0 amide bonds. The van der Waals surface area contributed by atoms with E-state index in [0.717, 1.165) is 42.9 Å². The maximum absolute atomic E-state index is 12.3. The molecular formula is C23H26N2O2S. The predicted octanol–water partition coefficient (Wildman–Crippen LogP) is 4.62. The van der Waals surface area contributed by atoms with Gasteiger partial charge in [-0.05, 0) is 42.5 Å². The first-order valence-electron chi connectivity index (χ1n) is 9.95. The molecule has 1 aromatic heterocycles. The normalized spacial score (nSPS) is 15.2. The van der Waals surface area contributed by atoms with Crippen molar-refractivity contribution in [2.24, 2.45) is 0 Å². The van der Waals surface area contributed by atoms with Crippen molar-refractivity contribution < 1.29 is 4.42 Å². The van der Waals surface area contributed by atoms with Crippen LogP contribution >= 0.6 is 11.8 Å². The zero-order valence-electron chi connectivity index (χ0n) is 16.3. The summed E-state index contributed by atoms with van der Waals surface area (Å²) in [5, 5.41) is 0.983. The van der Waals surface area contributed by atoms with Gasteiger partial charge in [0.2, 0.25) is 0 Å². The van der Waals surface area contributed by atoms with E-state index in [4.69, 9.17) is 4.42 Å². The highest BCUT2D eigenvalue weighted by Crippen LogP contribution is 2.25. The van der Waals surface area contributed by atoms with Crippen LogP contribution in [0.15, 0.2) is 68.7 Å². The van der Waals surface area contributed by atoms with Crippen LogP contribution in [-0.2, 0) is 6.54 Å². The van der Waals surface area contributed by atoms with Gasteiger partial charge in [-0.3, -0.25) is 4.90 Å². The highest BCUT2D eigenvalue weighted by Gasteiger charge is 2.19. The van der Waals surface area contributed by atoms with Crippen molar-refractivity contribution in [3.05, 3.63) is 70.6 Å². The van der Waals surface area contributed by atoms with Crippen LogP contribution < -0.4 is 10.5 Å². The first kappa shape index (κ1) is 19.1. The molecule has 0 atom stereocenters. The molecule has 5 heteroatoms. The van der Waals surface area contributed by atoms with E-state index in [1.54, 1.807) is 0 Å². The van der Waals surface area contributed by atoms with Gasteiger partial charge in [-0.25, -0.2) is 4.79 Å². The van der Waals surface area contributed by atoms with Gasteiger partial charge >= 0.3 is 5.63 Å². The Balaban J connectivity index is 1.39. The zero-order valence-corrected chi connectivity index (χ0v) is 17.1. The highest BCUT2D eigenvalue weighted by atomic mass is 32.2. The molecule has 1 fully saturated rings. The first-order chi connectivity index (χ1) is 13.7. The molecular weight excluding hydrogens is 368 g/mol. The van der Waals surface area contributed by atoms with E-state index >= 15 is 0 Å². The summed E-state index contributed by atoms with van der Waals surface area (Å²) in [6, 6.07) is 18.5. The molecule has 1 aliphatic heterocycles. The quantitative estimate of drug-likeness (QED) is 0.450. The van der Waals surface area contributed by atoms with Gasteiger partial charge in [-0.1, -0.05) is 31.2 Å². The summed E-state index contributed by atoms with van der Waals surface area (Å²) < 4.78 is 5.48. The monoisotopic (exact) mass is 394 g/mol. The molecule has 0 unspecified atom stereocenters. The lowest BCUT2D eigenvalue weighted by Gasteiger charge is -2.36. The van der Waals surface area contributed by atoms with E-state index in [-0.39, 0.29) is 5.63 Å². The van der Waals surface area contributed by atoms with Crippen molar-refractivity contribution in [3.8, 4) is 0 Å². The third-order valence-corrected chi connectivity index (χ3v) is 6.34. The number of benzene rings is 2. The smallest absolute Gasteiger partial charge is 0.340 e. The van der Waals surface area contributed by atoms with E-state index < -0.39 is 0 Å². The number of para-hydroxylation sites is 1. The van der Waals surface area contributed by atoms with Gasteiger partial charge in [0.15, 0.2) is 0 Å². The second-order valence-electron chi connectivity index (χ2n) is 7.21. The fourth-order valence-electron chi connectivity index (χ4n) is 3.61. The number of hydrogen-bond acceptors (Lipinski definition) is 5. The highest BCUT2D eigenvalue weighted by molar-refractivity contribution is 7.99. The van der Waals surface area contributed by atoms with Gasteiger partial charge in [0.1, 0.15) is 5.58 Å². The van der Waals surface area contributed by atoms with E-state index in [0.29, 0.717) is 12.1 Å². The minimum atomic E-state index is -0.221. The third-order valence-electron chi connectivity index (χ3n) is 5.14. The van der Waals surface area contributed by atoms with Crippen LogP contribution in [0.1, 0.15) is 18.9 Å². The lowest BCUT2D eigenvalue weighted by Crippen LogP contribution is -2.46. The predicted molar refractivity (Wildman–Crippen MR) is 117 cm³/mol. The van der Waals surface area contributed by atoms with E-state index in [2.05, 4.69) is 41.0 Å². The van der Waals surface area contributed by atoms with Gasteiger partial charge in [-0.15, -0.1) is 11.8 Å². The molecule has 4 rings (SSSR count). The number of fused-ring (bicyclic) bond motifs is 1. The number of rotatable bonds is 6. The summed E-state index contributed by atoms with van der Waals surface area (Å²) in [6.45, 7) is 6.69. The van der Waals surface area contributed by atoms with Crippen molar-refractivity contribution in [3.63, 3.8) is 0 Å². The Kier molecular flexibility index (Phi) is 6.03. The third kappa shape index (κ3) is 4.42. The largest absolute Gasteiger partial charge is 0.422 e. The summed E-state index contributed by atoms with van der Waals surface area (Å²) >= 11 is 1.92. The van der Waals surface area contributed by atoms with Crippen LogP contribution in [0.2, 0.25) is 0 Å². The average Bonchev–Trinajstić information content (AvgIpc) is 2.73. The summed E-state index contributed by atoms with van der Waals surface area (Å²) in [7, 11) is 0. The Morgan fingerprint density at radius 1 is 1.00 bits per heavy atom. The molecule has 1 saturated heterocycles. The van der Waals surface area contributed by atoms with E-state index in [9.17, 15) is 4.79 Å². The summed E-state index contributed by atoms with van der Waals surface area (Å²) in [4.78, 5) is 18.4. The number of thioether (sulfide) groups is 1. The maximum atomic E-state index is 12.3. The van der Waals surface area contributed by atoms with Gasteiger partial charge in [-0.2, -0.15) is 0 Å². The van der Waals surface area contributed by atoms with E-state index in [1.165, 1.54) is 17.0 Å². The second kappa shape index (κ2) is 8.84. The first-order valence-corrected chi connectivity index (χ1v) is 10.9. The summed E-state index contributed by atoms with van der Waals surface area (Å²) in [6.07, 6.45) is 1.19. The van der Waals surface area contributed by atoms with Crippen molar-refractivity contribution in [1.82, 2.24) is 4.90 Å². The molecule has 0 saturated carbocycles. The van der Waals surface area contributed by atoms with Gasteiger partial charge in [0.05, 0.1) is 5.56 Å². The Morgan fingerprint density at radius 2 is 1.82 bits per heavy atom. The minimum Gasteiger partial charge on any atom is -0.422 e. The molecule has 3 aromatic rings. The van der Waals surface area contributed by atoms with Crippen LogP contribution in [-0.4, -0.2) is 36.8 Å². The zero-order chi connectivity index (χ0) is 19.3. The van der Waals surface area contributed by atoms with Gasteiger partial charge < -0.3 is 9.32 Å².